The summed E-state index contributed by atoms with van der Waals surface area (Å²) in [6, 6.07) is 0. The first-order chi connectivity index (χ1) is 18.2. The Balaban J connectivity index is -0.0000000985. The maximum Gasteiger partial charge on any atom is 0.302 e. The van der Waals surface area contributed by atoms with Gasteiger partial charge in [-0.05, 0) is 51.4 Å². The van der Waals surface area contributed by atoms with Gasteiger partial charge in [0.15, 0.2) is 0 Å². The van der Waals surface area contributed by atoms with Crippen molar-refractivity contribution >= 4 is 5.97 Å². The minimum atomic E-state index is -0.489. The second-order valence-electron chi connectivity index (χ2n) is 9.69. The molecular formula is C30H67O10Rh-. The first-order valence-corrected chi connectivity index (χ1v) is 14.8. The van der Waals surface area contributed by atoms with Gasteiger partial charge in [0.2, 0.25) is 0 Å². The molecule has 8 N–H and O–H groups in total. The van der Waals surface area contributed by atoms with E-state index in [2.05, 4.69) is 13.8 Å². The van der Waals surface area contributed by atoms with Crippen molar-refractivity contribution in [2.45, 2.75) is 148 Å². The Hall–Kier alpha value is -0.227. The fourth-order valence-corrected chi connectivity index (χ4v) is 3.38. The summed E-state index contributed by atoms with van der Waals surface area (Å²) < 4.78 is 10.1. The molecule has 1 rings (SSSR count). The molecule has 0 aromatic heterocycles. The molecule has 1 fully saturated rings. The quantitative estimate of drug-likeness (QED) is 0.0542. The largest absolute Gasteiger partial charge is 0.463 e. The van der Waals surface area contributed by atoms with Crippen LogP contribution in [0.25, 0.3) is 0 Å². The summed E-state index contributed by atoms with van der Waals surface area (Å²) in [6.07, 6.45) is 14.5. The molecule has 0 bridgehead atoms. The molecule has 1 aliphatic heterocycles. The van der Waals surface area contributed by atoms with E-state index in [-0.39, 0.29) is 76.5 Å². The van der Waals surface area contributed by atoms with Gasteiger partial charge in [-0.2, -0.15) is 0 Å². The van der Waals surface area contributed by atoms with E-state index in [9.17, 15) is 4.79 Å². The summed E-state index contributed by atoms with van der Waals surface area (Å²) in [5.74, 6) is -0.286. The van der Waals surface area contributed by atoms with Gasteiger partial charge >= 0.3 is 5.97 Å². The zero-order chi connectivity index (χ0) is 29.4. The van der Waals surface area contributed by atoms with Gasteiger partial charge in [0.1, 0.15) is 6.61 Å². The van der Waals surface area contributed by atoms with E-state index in [1.165, 1.54) is 32.6 Å². The number of unbranched alkanes of at least 4 members (excludes halogenated alkanes) is 7. The van der Waals surface area contributed by atoms with Crippen LogP contribution in [0, 0.1) is 7.43 Å². The summed E-state index contributed by atoms with van der Waals surface area (Å²) in [6.45, 7) is 8.53. The summed E-state index contributed by atoms with van der Waals surface area (Å²) in [5, 5.41) is 51.7. The standard InChI is InChI=1S/C8H14O4.2C7H16O2.C7H16O.CH3.H2O.Rh/c1-6(10)11-5-8-3-2-7(4-9)12-8;1-2-7(9)5-3-4-6-8;1-2-3-4-5-7(9)6-8;1-2-3-4-5-6-7-8;;;/h7-9H,2-5H2,1H3;2*7-9H,2-6H2,1H3;8H,2-7H2,1H3;1H3;1H2;/q;;;;-1;;. The maximum absolute atomic E-state index is 10.4. The predicted molar refractivity (Wildman–Crippen MR) is 162 cm³/mol. The molecule has 0 spiro atoms. The van der Waals surface area contributed by atoms with Crippen molar-refractivity contribution < 1.29 is 69.9 Å². The maximum atomic E-state index is 10.4. The van der Waals surface area contributed by atoms with E-state index in [1.54, 1.807) is 0 Å². The third-order valence-corrected chi connectivity index (χ3v) is 5.90. The van der Waals surface area contributed by atoms with Gasteiger partial charge in [-0.1, -0.05) is 65.7 Å². The molecule has 0 aromatic carbocycles. The molecule has 1 aliphatic rings. The molecule has 1 saturated heterocycles. The fraction of sp³-hybridized carbons (Fsp3) is 0.933. The number of carbonyl (C=O) groups is 1. The van der Waals surface area contributed by atoms with Gasteiger partial charge in [-0.15, -0.1) is 0 Å². The molecule has 11 heteroatoms. The molecule has 0 aromatic rings. The Kier molecular flexibility index (Phi) is 57.5. The van der Waals surface area contributed by atoms with E-state index < -0.39 is 6.10 Å². The number of aliphatic hydroxyl groups excluding tert-OH is 6. The van der Waals surface area contributed by atoms with Gasteiger partial charge in [-0.3, -0.25) is 4.79 Å². The fourth-order valence-electron chi connectivity index (χ4n) is 3.38. The Morgan fingerprint density at radius 2 is 1.24 bits per heavy atom. The third-order valence-electron chi connectivity index (χ3n) is 5.90. The van der Waals surface area contributed by atoms with Gasteiger partial charge in [-0.25, -0.2) is 0 Å². The molecular weight excluding hydrogens is 623 g/mol. The van der Waals surface area contributed by atoms with Crippen molar-refractivity contribution in [2.75, 3.05) is 33.0 Å². The van der Waals surface area contributed by atoms with Gasteiger partial charge in [0.25, 0.3) is 0 Å². The minimum absolute atomic E-state index is 0. The number of ether oxygens (including phenoxy) is 2. The van der Waals surface area contributed by atoms with Crippen LogP contribution < -0.4 is 0 Å². The van der Waals surface area contributed by atoms with E-state index >= 15 is 0 Å². The number of aliphatic hydroxyl groups is 6. The Bertz CT molecular complexity index is 439. The summed E-state index contributed by atoms with van der Waals surface area (Å²) in [5.41, 5.74) is 0. The molecule has 10 nitrogen and oxygen atoms in total. The van der Waals surface area contributed by atoms with Crippen molar-refractivity contribution in [3.63, 3.8) is 0 Å². The van der Waals surface area contributed by atoms with Crippen LogP contribution in [0.15, 0.2) is 0 Å². The van der Waals surface area contributed by atoms with Crippen LogP contribution in [0.3, 0.4) is 0 Å². The van der Waals surface area contributed by atoms with E-state index in [0.717, 1.165) is 70.6 Å². The van der Waals surface area contributed by atoms with Crippen molar-refractivity contribution in [3.8, 4) is 0 Å². The zero-order valence-corrected chi connectivity index (χ0v) is 28.3. The first-order valence-electron chi connectivity index (χ1n) is 14.8. The molecule has 0 aliphatic carbocycles. The molecule has 4 atom stereocenters. The van der Waals surface area contributed by atoms with Gasteiger partial charge in [0.05, 0.1) is 37.6 Å². The average Bonchev–Trinajstić information content (AvgIpc) is 3.39. The van der Waals surface area contributed by atoms with Crippen molar-refractivity contribution in [2.24, 2.45) is 0 Å². The first kappa shape index (κ1) is 53.3. The zero-order valence-electron chi connectivity index (χ0n) is 26.7. The number of hydrogen-bond acceptors (Lipinski definition) is 9. The number of esters is 1. The molecule has 4 unspecified atom stereocenters. The molecule has 0 saturated carbocycles. The minimum Gasteiger partial charge on any atom is -0.463 e. The third kappa shape index (κ3) is 46.9. The van der Waals surface area contributed by atoms with E-state index in [0.29, 0.717) is 13.2 Å². The molecule has 0 amide bonds. The molecule has 41 heavy (non-hydrogen) atoms. The predicted octanol–water partition coefficient (Wildman–Crippen LogP) is 3.50. The van der Waals surface area contributed by atoms with Gasteiger partial charge < -0.3 is 53.0 Å². The van der Waals surface area contributed by atoms with Gasteiger partial charge in [0, 0.05) is 39.6 Å². The van der Waals surface area contributed by atoms with Crippen LogP contribution in [0.4, 0.5) is 0 Å². The Morgan fingerprint density at radius 3 is 1.68 bits per heavy atom. The van der Waals surface area contributed by atoms with Crippen molar-refractivity contribution in [3.05, 3.63) is 7.43 Å². The normalized spacial score (nSPS) is 16.3. The van der Waals surface area contributed by atoms with Crippen molar-refractivity contribution in [1.29, 1.82) is 0 Å². The van der Waals surface area contributed by atoms with Crippen molar-refractivity contribution in [1.82, 2.24) is 0 Å². The van der Waals surface area contributed by atoms with Crippen LogP contribution >= 0.6 is 0 Å². The number of rotatable bonds is 18. The molecule has 1 heterocycles. The van der Waals surface area contributed by atoms with Crippen LogP contribution in [0.2, 0.25) is 0 Å². The second-order valence-corrected chi connectivity index (χ2v) is 9.69. The van der Waals surface area contributed by atoms with Crippen LogP contribution in [0.5, 0.6) is 0 Å². The summed E-state index contributed by atoms with van der Waals surface area (Å²) >= 11 is 0. The number of hydrogen-bond donors (Lipinski definition) is 6. The number of carbonyl (C=O) groups excluding carboxylic acids is 1. The topological polar surface area (TPSA) is 188 Å². The van der Waals surface area contributed by atoms with Crippen LogP contribution in [-0.2, 0) is 33.7 Å². The SMILES string of the molecule is CC(=O)OCC1CCC(CO)O1.CCC(O)CCCCO.CCCCCC(O)CO.CCCCCCCO.O.[CH3-].[Rh]. The van der Waals surface area contributed by atoms with Crippen LogP contribution in [0.1, 0.15) is 124 Å². The average molecular weight is 691 g/mol. The second kappa shape index (κ2) is 44.2. The summed E-state index contributed by atoms with van der Waals surface area (Å²) in [7, 11) is 0. The Labute approximate surface area is 264 Å². The molecule has 257 valence electrons. The van der Waals surface area contributed by atoms with Crippen LogP contribution in [-0.4, -0.2) is 99.5 Å². The smallest absolute Gasteiger partial charge is 0.302 e. The molecule has 1 radical (unpaired) electrons. The Morgan fingerprint density at radius 1 is 0.780 bits per heavy atom. The monoisotopic (exact) mass is 690 g/mol. The summed E-state index contributed by atoms with van der Waals surface area (Å²) in [4.78, 5) is 10.4. The van der Waals surface area contributed by atoms with E-state index in [4.69, 9.17) is 40.1 Å². The van der Waals surface area contributed by atoms with E-state index in [1.807, 2.05) is 6.92 Å².